The highest BCUT2D eigenvalue weighted by molar-refractivity contribution is 5.81. The molecular formula is C17H18F3N3O2. The molecule has 1 aromatic heterocycles. The van der Waals surface area contributed by atoms with Crippen LogP contribution in [0.25, 0.3) is 11.5 Å². The van der Waals surface area contributed by atoms with Gasteiger partial charge in [0.25, 0.3) is 0 Å². The topological polar surface area (TPSA) is 58.4 Å². The van der Waals surface area contributed by atoms with E-state index >= 15 is 0 Å². The summed E-state index contributed by atoms with van der Waals surface area (Å²) >= 11 is 0. The lowest BCUT2D eigenvalue weighted by atomic mass is 10.1. The summed E-state index contributed by atoms with van der Waals surface area (Å²) in [5, 5.41) is 2.78. The van der Waals surface area contributed by atoms with Crippen molar-refractivity contribution in [3.63, 3.8) is 0 Å². The summed E-state index contributed by atoms with van der Waals surface area (Å²) in [6, 6.07) is 4.59. The number of oxazole rings is 1. The molecule has 1 saturated heterocycles. The Labute approximate surface area is 142 Å². The molecule has 1 fully saturated rings. The van der Waals surface area contributed by atoms with Crippen LogP contribution in [-0.4, -0.2) is 34.9 Å². The number of aryl methyl sites for hydroxylation is 1. The Hall–Kier alpha value is -2.35. The van der Waals surface area contributed by atoms with Crippen molar-refractivity contribution in [2.75, 3.05) is 13.1 Å². The molecule has 0 aliphatic carbocycles. The Morgan fingerprint density at radius 2 is 2.16 bits per heavy atom. The third-order valence-corrected chi connectivity index (χ3v) is 4.31. The maximum absolute atomic E-state index is 12.9. The van der Waals surface area contributed by atoms with Gasteiger partial charge in [0.2, 0.25) is 11.8 Å². The fourth-order valence-corrected chi connectivity index (χ4v) is 2.76. The zero-order chi connectivity index (χ0) is 18.2. The maximum atomic E-state index is 12.9. The molecule has 0 unspecified atom stereocenters. The molecule has 1 amide bonds. The van der Waals surface area contributed by atoms with Crippen molar-refractivity contribution in [2.45, 2.75) is 32.6 Å². The molecule has 3 rings (SSSR count). The van der Waals surface area contributed by atoms with Crippen LogP contribution in [-0.2, 0) is 17.5 Å². The van der Waals surface area contributed by atoms with Gasteiger partial charge in [0.15, 0.2) is 0 Å². The van der Waals surface area contributed by atoms with Crippen molar-refractivity contribution < 1.29 is 22.4 Å². The Bertz CT molecular complexity index is 786. The van der Waals surface area contributed by atoms with Crippen LogP contribution in [0, 0.1) is 6.92 Å². The second kappa shape index (κ2) is 6.51. The summed E-state index contributed by atoms with van der Waals surface area (Å²) < 4.78 is 44.2. The van der Waals surface area contributed by atoms with Crippen LogP contribution in [0.4, 0.5) is 13.2 Å². The summed E-state index contributed by atoms with van der Waals surface area (Å²) in [6.07, 6.45) is -4.42. The lowest BCUT2D eigenvalue weighted by Gasteiger charge is -2.32. The van der Waals surface area contributed by atoms with Crippen molar-refractivity contribution in [2.24, 2.45) is 0 Å². The Morgan fingerprint density at radius 3 is 2.88 bits per heavy atom. The molecule has 0 spiro atoms. The number of halogens is 3. The van der Waals surface area contributed by atoms with Gasteiger partial charge in [-0.15, -0.1) is 0 Å². The second-order valence-electron chi connectivity index (χ2n) is 6.04. The highest BCUT2D eigenvalue weighted by Crippen LogP contribution is 2.32. The number of alkyl halides is 3. The van der Waals surface area contributed by atoms with Gasteiger partial charge in [0.1, 0.15) is 5.76 Å². The first-order valence-electron chi connectivity index (χ1n) is 7.91. The van der Waals surface area contributed by atoms with Crippen molar-refractivity contribution in [1.82, 2.24) is 15.2 Å². The Morgan fingerprint density at radius 1 is 1.40 bits per heavy atom. The smallest absolute Gasteiger partial charge is 0.416 e. The van der Waals surface area contributed by atoms with Gasteiger partial charge in [-0.3, -0.25) is 9.69 Å². The van der Waals surface area contributed by atoms with Crippen molar-refractivity contribution in [3.8, 4) is 11.5 Å². The lowest BCUT2D eigenvalue weighted by Crippen LogP contribution is -2.53. The number of carbonyl (C=O) groups is 1. The Balaban J connectivity index is 1.84. The molecule has 0 bridgehead atoms. The second-order valence-corrected chi connectivity index (χ2v) is 6.04. The first kappa shape index (κ1) is 17.5. The molecule has 5 nitrogen and oxygen atoms in total. The number of nitrogens with one attached hydrogen (secondary N) is 1. The molecule has 1 aliphatic heterocycles. The average molecular weight is 353 g/mol. The SMILES string of the molecule is Cc1oc(-c2cccc(C(F)(F)F)c2)nc1CN1CCNC(=O)[C@H]1C. The molecule has 0 radical (unpaired) electrons. The van der Waals surface area contributed by atoms with Crippen molar-refractivity contribution in [1.29, 1.82) is 0 Å². The highest BCUT2D eigenvalue weighted by atomic mass is 19.4. The molecule has 134 valence electrons. The summed E-state index contributed by atoms with van der Waals surface area (Å²) in [6.45, 7) is 5.16. The number of piperazine rings is 1. The third-order valence-electron chi connectivity index (χ3n) is 4.31. The van der Waals surface area contributed by atoms with Crippen LogP contribution in [0.1, 0.15) is 23.9 Å². The minimum Gasteiger partial charge on any atom is -0.441 e. The van der Waals surface area contributed by atoms with E-state index in [1.807, 2.05) is 4.90 Å². The van der Waals surface area contributed by atoms with E-state index in [4.69, 9.17) is 4.42 Å². The van der Waals surface area contributed by atoms with E-state index in [0.717, 1.165) is 12.1 Å². The fraction of sp³-hybridized carbons (Fsp3) is 0.412. The Kier molecular flexibility index (Phi) is 4.55. The zero-order valence-corrected chi connectivity index (χ0v) is 13.9. The van der Waals surface area contributed by atoms with Gasteiger partial charge in [-0.05, 0) is 32.0 Å². The number of amides is 1. The summed E-state index contributed by atoms with van der Waals surface area (Å²) in [5.74, 6) is 0.629. The average Bonchev–Trinajstić information content (AvgIpc) is 2.92. The zero-order valence-electron chi connectivity index (χ0n) is 13.9. The van der Waals surface area contributed by atoms with Gasteiger partial charge in [-0.2, -0.15) is 13.2 Å². The summed E-state index contributed by atoms with van der Waals surface area (Å²) in [7, 11) is 0. The largest absolute Gasteiger partial charge is 0.441 e. The number of rotatable bonds is 3. The van der Waals surface area contributed by atoms with Crippen LogP contribution in [0.15, 0.2) is 28.7 Å². The maximum Gasteiger partial charge on any atom is 0.416 e. The molecule has 25 heavy (non-hydrogen) atoms. The number of benzene rings is 1. The van der Waals surface area contributed by atoms with E-state index < -0.39 is 11.7 Å². The van der Waals surface area contributed by atoms with Crippen LogP contribution in [0.5, 0.6) is 0 Å². The number of carbonyl (C=O) groups excluding carboxylic acids is 1. The lowest BCUT2D eigenvalue weighted by molar-refractivity contribution is -0.137. The fourth-order valence-electron chi connectivity index (χ4n) is 2.76. The van der Waals surface area contributed by atoms with Gasteiger partial charge < -0.3 is 9.73 Å². The molecule has 2 aromatic rings. The number of nitrogens with zero attached hydrogens (tertiary/aromatic N) is 2. The first-order chi connectivity index (χ1) is 11.8. The van der Waals surface area contributed by atoms with Crippen LogP contribution >= 0.6 is 0 Å². The van der Waals surface area contributed by atoms with E-state index in [2.05, 4.69) is 10.3 Å². The molecule has 1 aromatic carbocycles. The predicted octanol–water partition coefficient (Wildman–Crippen LogP) is 2.99. The molecule has 8 heteroatoms. The van der Waals surface area contributed by atoms with Crippen LogP contribution in [0.2, 0.25) is 0 Å². The molecule has 2 heterocycles. The molecule has 1 aliphatic rings. The summed E-state index contributed by atoms with van der Waals surface area (Å²) in [4.78, 5) is 18.0. The van der Waals surface area contributed by atoms with Crippen molar-refractivity contribution in [3.05, 3.63) is 41.3 Å². The highest BCUT2D eigenvalue weighted by Gasteiger charge is 2.31. The van der Waals surface area contributed by atoms with E-state index in [0.29, 0.717) is 31.1 Å². The van der Waals surface area contributed by atoms with Gasteiger partial charge in [-0.1, -0.05) is 6.07 Å². The molecule has 0 saturated carbocycles. The van der Waals surface area contributed by atoms with E-state index in [-0.39, 0.29) is 23.4 Å². The molecular weight excluding hydrogens is 335 g/mol. The minimum atomic E-state index is -4.42. The van der Waals surface area contributed by atoms with Gasteiger partial charge >= 0.3 is 6.18 Å². The van der Waals surface area contributed by atoms with Gasteiger partial charge in [0, 0.05) is 25.2 Å². The molecule has 1 N–H and O–H groups in total. The quantitative estimate of drug-likeness (QED) is 0.922. The van der Waals surface area contributed by atoms with Crippen molar-refractivity contribution >= 4 is 5.91 Å². The van der Waals surface area contributed by atoms with Crippen LogP contribution in [0.3, 0.4) is 0 Å². The standard InChI is InChI=1S/C17H18F3N3O2/c1-10-15(24)21-6-7-23(10)9-14-11(2)25-16(22-14)12-4-3-5-13(8-12)17(18,19)20/h3-5,8,10H,6-7,9H2,1-2H3,(H,21,24)/t10-/m1/s1. The monoisotopic (exact) mass is 353 g/mol. The van der Waals surface area contributed by atoms with Gasteiger partial charge in [0.05, 0.1) is 17.3 Å². The minimum absolute atomic E-state index is 0.0505. The molecule has 1 atom stereocenters. The number of hydrogen-bond donors (Lipinski definition) is 1. The normalized spacial score (nSPS) is 19.1. The number of aromatic nitrogens is 1. The first-order valence-corrected chi connectivity index (χ1v) is 7.91. The van der Waals surface area contributed by atoms with E-state index in [9.17, 15) is 18.0 Å². The van der Waals surface area contributed by atoms with E-state index in [1.54, 1.807) is 13.8 Å². The summed E-state index contributed by atoms with van der Waals surface area (Å²) in [5.41, 5.74) is 0.145. The van der Waals surface area contributed by atoms with Gasteiger partial charge in [-0.25, -0.2) is 4.98 Å². The predicted molar refractivity (Wildman–Crippen MR) is 84.6 cm³/mol. The third kappa shape index (κ3) is 3.68. The van der Waals surface area contributed by atoms with E-state index in [1.165, 1.54) is 12.1 Å². The van der Waals surface area contributed by atoms with Crippen LogP contribution < -0.4 is 5.32 Å². The number of hydrogen-bond acceptors (Lipinski definition) is 4.